The molecule has 0 N–H and O–H groups in total. The second-order valence-corrected chi connectivity index (χ2v) is 5.66. The van der Waals surface area contributed by atoms with Crippen molar-refractivity contribution in [1.29, 1.82) is 0 Å². The van der Waals surface area contributed by atoms with Gasteiger partial charge in [0.05, 0.1) is 16.7 Å². The lowest BCUT2D eigenvalue weighted by Gasteiger charge is -2.13. The highest BCUT2D eigenvalue weighted by Gasteiger charge is 2.12. The van der Waals surface area contributed by atoms with Gasteiger partial charge in [0, 0.05) is 6.20 Å². The Bertz CT molecular complexity index is 598. The maximum absolute atomic E-state index is 4.82. The highest BCUT2D eigenvalue weighted by molar-refractivity contribution is 5.83. The van der Waals surface area contributed by atoms with Crippen LogP contribution in [0.2, 0.25) is 0 Å². The topological polar surface area (TPSA) is 25.8 Å². The van der Waals surface area contributed by atoms with E-state index in [2.05, 4.69) is 46.5 Å². The summed E-state index contributed by atoms with van der Waals surface area (Å²) in [7, 11) is 0. The molecule has 2 heteroatoms. The number of benzene rings is 1. The van der Waals surface area contributed by atoms with Crippen LogP contribution in [-0.2, 0) is 6.42 Å². The van der Waals surface area contributed by atoms with Crippen molar-refractivity contribution < 1.29 is 0 Å². The number of rotatable bonds is 2. The summed E-state index contributed by atoms with van der Waals surface area (Å²) in [6.45, 7) is 13.1. The van der Waals surface area contributed by atoms with Crippen molar-refractivity contribution in [2.75, 3.05) is 0 Å². The largest absolute Gasteiger partial charge is 0.252 e. The summed E-state index contributed by atoms with van der Waals surface area (Å²) in [4.78, 5) is 9.45. The van der Waals surface area contributed by atoms with Gasteiger partial charge in [0.1, 0.15) is 0 Å². The Balaban J connectivity index is 2.70. The molecule has 96 valence electrons. The fraction of sp³-hybridized carbons (Fsp3) is 0.500. The first-order valence-electron chi connectivity index (χ1n) is 6.63. The van der Waals surface area contributed by atoms with Crippen LogP contribution in [0.15, 0.2) is 6.20 Å². The average molecular weight is 242 g/mol. The van der Waals surface area contributed by atoms with Crippen LogP contribution in [0.1, 0.15) is 41.8 Å². The van der Waals surface area contributed by atoms with E-state index in [0.717, 1.165) is 23.1 Å². The lowest BCUT2D eigenvalue weighted by atomic mass is 9.97. The minimum Gasteiger partial charge on any atom is -0.252 e. The van der Waals surface area contributed by atoms with Crippen LogP contribution in [-0.4, -0.2) is 9.97 Å². The normalized spacial score (nSPS) is 11.5. The first-order chi connectivity index (χ1) is 8.41. The van der Waals surface area contributed by atoms with Crippen LogP contribution in [0.4, 0.5) is 0 Å². The van der Waals surface area contributed by atoms with Crippen LogP contribution >= 0.6 is 0 Å². The maximum Gasteiger partial charge on any atom is 0.0924 e. The Morgan fingerprint density at radius 1 is 0.889 bits per heavy atom. The first kappa shape index (κ1) is 13.0. The van der Waals surface area contributed by atoms with Crippen molar-refractivity contribution in [2.45, 2.75) is 48.0 Å². The molecule has 18 heavy (non-hydrogen) atoms. The molecule has 0 fully saturated rings. The van der Waals surface area contributed by atoms with Crippen molar-refractivity contribution >= 4 is 11.0 Å². The van der Waals surface area contributed by atoms with E-state index in [-0.39, 0.29) is 0 Å². The van der Waals surface area contributed by atoms with Gasteiger partial charge in [0.2, 0.25) is 0 Å². The van der Waals surface area contributed by atoms with E-state index in [1.54, 1.807) is 0 Å². The molecule has 2 rings (SSSR count). The van der Waals surface area contributed by atoms with Crippen molar-refractivity contribution in [2.24, 2.45) is 5.92 Å². The highest BCUT2D eigenvalue weighted by atomic mass is 14.8. The summed E-state index contributed by atoms with van der Waals surface area (Å²) in [5.74, 6) is 0.615. The van der Waals surface area contributed by atoms with Crippen molar-refractivity contribution in [3.63, 3.8) is 0 Å². The van der Waals surface area contributed by atoms with Gasteiger partial charge < -0.3 is 0 Å². The molecule has 0 spiro atoms. The summed E-state index contributed by atoms with van der Waals surface area (Å²) in [6.07, 6.45) is 2.93. The van der Waals surface area contributed by atoms with Gasteiger partial charge in [-0.1, -0.05) is 13.8 Å². The lowest BCUT2D eigenvalue weighted by Crippen LogP contribution is -2.03. The smallest absolute Gasteiger partial charge is 0.0924 e. The van der Waals surface area contributed by atoms with E-state index in [9.17, 15) is 0 Å². The predicted octanol–water partition coefficient (Wildman–Crippen LogP) is 4.06. The molecule has 0 unspecified atom stereocenters. The second kappa shape index (κ2) is 4.68. The fourth-order valence-electron chi connectivity index (χ4n) is 2.40. The molecule has 0 aliphatic heterocycles. The van der Waals surface area contributed by atoms with Crippen LogP contribution < -0.4 is 0 Å². The quantitative estimate of drug-likeness (QED) is 0.793. The molecule has 1 aromatic heterocycles. The molecule has 0 radical (unpaired) electrons. The Kier molecular flexibility index (Phi) is 3.38. The number of aromatic nitrogens is 2. The number of fused-ring (bicyclic) bond motifs is 1. The summed E-state index contributed by atoms with van der Waals surface area (Å²) in [5.41, 5.74) is 8.45. The van der Waals surface area contributed by atoms with Crippen molar-refractivity contribution in [3.05, 3.63) is 34.1 Å². The number of aryl methyl sites for hydroxylation is 2. The first-order valence-corrected chi connectivity index (χ1v) is 6.63. The standard InChI is InChI=1S/C16H22N2/c1-9(2)7-14-8-17-15-12(5)10(3)11(4)13(6)16(15)18-14/h8-9H,7H2,1-6H3. The van der Waals surface area contributed by atoms with E-state index in [4.69, 9.17) is 4.98 Å². The highest BCUT2D eigenvalue weighted by Crippen LogP contribution is 2.26. The molecule has 0 amide bonds. The molecule has 2 nitrogen and oxygen atoms in total. The van der Waals surface area contributed by atoms with Gasteiger partial charge in [-0.05, 0) is 62.3 Å². The lowest BCUT2D eigenvalue weighted by molar-refractivity contribution is 0.635. The summed E-state index contributed by atoms with van der Waals surface area (Å²) < 4.78 is 0. The van der Waals surface area contributed by atoms with Crippen LogP contribution in [0.3, 0.4) is 0 Å². The van der Waals surface area contributed by atoms with Crippen molar-refractivity contribution in [3.8, 4) is 0 Å². The molecule has 0 saturated heterocycles. The third-order valence-corrected chi connectivity index (χ3v) is 3.84. The minimum absolute atomic E-state index is 0.615. The SMILES string of the molecule is Cc1c(C)c(C)c2nc(CC(C)C)cnc2c1C. The number of hydrogen-bond donors (Lipinski definition) is 0. The second-order valence-electron chi connectivity index (χ2n) is 5.66. The molecular formula is C16H22N2. The van der Waals surface area contributed by atoms with Gasteiger partial charge in [-0.2, -0.15) is 0 Å². The van der Waals surface area contributed by atoms with E-state index in [1.807, 2.05) is 6.20 Å². The maximum atomic E-state index is 4.82. The fourth-order valence-corrected chi connectivity index (χ4v) is 2.40. The summed E-state index contributed by atoms with van der Waals surface area (Å²) in [6, 6.07) is 0. The van der Waals surface area contributed by atoms with Gasteiger partial charge in [0.15, 0.2) is 0 Å². The Labute approximate surface area is 109 Å². The molecule has 1 heterocycles. The van der Waals surface area contributed by atoms with E-state index in [0.29, 0.717) is 5.92 Å². The van der Waals surface area contributed by atoms with Crippen molar-refractivity contribution in [1.82, 2.24) is 9.97 Å². The van der Waals surface area contributed by atoms with E-state index >= 15 is 0 Å². The average Bonchev–Trinajstić information content (AvgIpc) is 2.33. The molecule has 1 aromatic carbocycles. The predicted molar refractivity (Wildman–Crippen MR) is 77.0 cm³/mol. The number of nitrogens with zero attached hydrogens (tertiary/aromatic N) is 2. The van der Waals surface area contributed by atoms with E-state index in [1.165, 1.54) is 22.3 Å². The van der Waals surface area contributed by atoms with E-state index < -0.39 is 0 Å². The zero-order valence-corrected chi connectivity index (χ0v) is 12.3. The Morgan fingerprint density at radius 3 is 2.00 bits per heavy atom. The van der Waals surface area contributed by atoms with Gasteiger partial charge >= 0.3 is 0 Å². The van der Waals surface area contributed by atoms with Gasteiger partial charge in [-0.15, -0.1) is 0 Å². The monoisotopic (exact) mass is 242 g/mol. The van der Waals surface area contributed by atoms with Gasteiger partial charge in [-0.3, -0.25) is 4.98 Å². The third-order valence-electron chi connectivity index (χ3n) is 3.84. The van der Waals surface area contributed by atoms with Crippen LogP contribution in [0.5, 0.6) is 0 Å². The third kappa shape index (κ3) is 2.12. The zero-order chi connectivity index (χ0) is 13.4. The van der Waals surface area contributed by atoms with Gasteiger partial charge in [0.25, 0.3) is 0 Å². The molecule has 0 bridgehead atoms. The molecule has 0 saturated carbocycles. The van der Waals surface area contributed by atoms with Crippen LogP contribution in [0, 0.1) is 33.6 Å². The molecule has 0 atom stereocenters. The molecule has 0 aliphatic rings. The zero-order valence-electron chi connectivity index (χ0n) is 12.3. The summed E-state index contributed by atoms with van der Waals surface area (Å²) >= 11 is 0. The Hall–Kier alpha value is -1.44. The van der Waals surface area contributed by atoms with Crippen LogP contribution in [0.25, 0.3) is 11.0 Å². The molecule has 2 aromatic rings. The minimum atomic E-state index is 0.615. The Morgan fingerprint density at radius 2 is 1.44 bits per heavy atom. The summed E-state index contributed by atoms with van der Waals surface area (Å²) in [5, 5.41) is 0. The number of hydrogen-bond acceptors (Lipinski definition) is 2. The molecule has 0 aliphatic carbocycles. The van der Waals surface area contributed by atoms with Gasteiger partial charge in [-0.25, -0.2) is 4.98 Å². The molecular weight excluding hydrogens is 220 g/mol.